The van der Waals surface area contributed by atoms with Crippen molar-refractivity contribution in [3.8, 4) is 0 Å². The van der Waals surface area contributed by atoms with Crippen molar-refractivity contribution in [2.24, 2.45) is 0 Å². The van der Waals surface area contributed by atoms with Crippen LogP contribution in [0.2, 0.25) is 5.02 Å². The average Bonchev–Trinajstić information content (AvgIpc) is 2.99. The molecule has 0 fully saturated rings. The van der Waals surface area contributed by atoms with E-state index in [1.807, 2.05) is 6.07 Å². The fourth-order valence-corrected chi connectivity index (χ4v) is 3.61. The third-order valence-electron chi connectivity index (χ3n) is 4.26. The van der Waals surface area contributed by atoms with E-state index in [-0.39, 0.29) is 5.56 Å². The van der Waals surface area contributed by atoms with Crippen LogP contribution < -0.4 is 5.56 Å². The van der Waals surface area contributed by atoms with Gasteiger partial charge in [0.15, 0.2) is 0 Å². The predicted octanol–water partition coefficient (Wildman–Crippen LogP) is 4.72. The SMILES string of the molecule is CSc1ccc(/C=C2\CCn3c2nc2ccc(Cl)cc2c3=O)cc1. The van der Waals surface area contributed by atoms with Crippen molar-refractivity contribution in [3.05, 3.63) is 69.2 Å². The molecule has 0 N–H and O–H groups in total. The highest BCUT2D eigenvalue weighted by Gasteiger charge is 2.20. The largest absolute Gasteiger partial charge is 0.292 e. The molecule has 0 saturated carbocycles. The molecule has 4 rings (SSSR count). The average molecular weight is 355 g/mol. The molecular weight excluding hydrogens is 340 g/mol. The molecule has 0 atom stereocenters. The highest BCUT2D eigenvalue weighted by molar-refractivity contribution is 7.98. The summed E-state index contributed by atoms with van der Waals surface area (Å²) in [5, 5.41) is 1.14. The summed E-state index contributed by atoms with van der Waals surface area (Å²) >= 11 is 7.74. The molecule has 0 amide bonds. The fraction of sp³-hybridized carbons (Fsp3) is 0.158. The van der Waals surface area contributed by atoms with Crippen LogP contribution in [-0.4, -0.2) is 15.8 Å². The van der Waals surface area contributed by atoms with Gasteiger partial charge in [0.05, 0.1) is 10.9 Å². The number of benzene rings is 2. The van der Waals surface area contributed by atoms with E-state index in [0.717, 1.165) is 23.4 Å². The number of aromatic nitrogens is 2. The van der Waals surface area contributed by atoms with Crippen LogP contribution in [0, 0.1) is 0 Å². The molecule has 2 aromatic carbocycles. The van der Waals surface area contributed by atoms with Gasteiger partial charge in [-0.15, -0.1) is 11.8 Å². The molecule has 1 aromatic heterocycles. The molecule has 0 aliphatic carbocycles. The predicted molar refractivity (Wildman–Crippen MR) is 102 cm³/mol. The van der Waals surface area contributed by atoms with Crippen molar-refractivity contribution in [2.45, 2.75) is 17.9 Å². The van der Waals surface area contributed by atoms with Gasteiger partial charge in [0.1, 0.15) is 5.82 Å². The Kier molecular flexibility index (Phi) is 3.94. The molecule has 1 aliphatic heterocycles. The molecule has 0 spiro atoms. The number of thioether (sulfide) groups is 1. The van der Waals surface area contributed by atoms with Crippen molar-refractivity contribution in [1.82, 2.24) is 9.55 Å². The molecule has 0 unspecified atom stereocenters. The van der Waals surface area contributed by atoms with E-state index in [2.05, 4.69) is 36.6 Å². The molecule has 0 bridgehead atoms. The lowest BCUT2D eigenvalue weighted by molar-refractivity contribution is 0.725. The number of nitrogens with zero attached hydrogens (tertiary/aromatic N) is 2. The summed E-state index contributed by atoms with van der Waals surface area (Å²) in [4.78, 5) is 18.6. The molecule has 1 aliphatic rings. The van der Waals surface area contributed by atoms with E-state index in [1.54, 1.807) is 28.5 Å². The lowest BCUT2D eigenvalue weighted by atomic mass is 10.1. The second-order valence-electron chi connectivity index (χ2n) is 5.75. The summed E-state index contributed by atoms with van der Waals surface area (Å²) < 4.78 is 1.75. The molecule has 2 heterocycles. The lowest BCUT2D eigenvalue weighted by Gasteiger charge is -2.06. The standard InChI is InChI=1S/C19H15ClN2OS/c1-24-15-5-2-12(3-6-15)10-13-8-9-22-18(13)21-17-7-4-14(20)11-16(17)19(22)23/h2-7,10-11H,8-9H2,1H3/b13-10+. The van der Waals surface area contributed by atoms with E-state index in [0.29, 0.717) is 22.5 Å². The Bertz CT molecular complexity index is 1020. The molecule has 5 heteroatoms. The van der Waals surface area contributed by atoms with Crippen LogP contribution in [-0.2, 0) is 6.54 Å². The first kappa shape index (κ1) is 15.5. The summed E-state index contributed by atoms with van der Waals surface area (Å²) in [5.74, 6) is 0.767. The Morgan fingerprint density at radius 1 is 1.21 bits per heavy atom. The van der Waals surface area contributed by atoms with Gasteiger partial charge in [-0.1, -0.05) is 23.7 Å². The smallest absolute Gasteiger partial charge is 0.261 e. The fourth-order valence-electron chi connectivity index (χ4n) is 3.03. The summed E-state index contributed by atoms with van der Waals surface area (Å²) in [7, 11) is 0. The maximum Gasteiger partial charge on any atom is 0.261 e. The zero-order chi connectivity index (χ0) is 16.7. The number of fused-ring (bicyclic) bond motifs is 2. The van der Waals surface area contributed by atoms with Crippen LogP contribution in [0.1, 0.15) is 17.8 Å². The van der Waals surface area contributed by atoms with Crippen molar-refractivity contribution >= 4 is 45.9 Å². The van der Waals surface area contributed by atoms with Crippen molar-refractivity contribution < 1.29 is 0 Å². The van der Waals surface area contributed by atoms with Crippen LogP contribution >= 0.6 is 23.4 Å². The van der Waals surface area contributed by atoms with Crippen molar-refractivity contribution in [2.75, 3.05) is 6.26 Å². The number of hydrogen-bond acceptors (Lipinski definition) is 3. The Labute approximate surface area is 149 Å². The highest BCUT2D eigenvalue weighted by Crippen LogP contribution is 2.28. The first-order valence-corrected chi connectivity index (χ1v) is 9.31. The maximum atomic E-state index is 12.7. The van der Waals surface area contributed by atoms with E-state index >= 15 is 0 Å². The molecule has 3 nitrogen and oxygen atoms in total. The molecule has 0 radical (unpaired) electrons. The van der Waals surface area contributed by atoms with Crippen molar-refractivity contribution in [1.29, 1.82) is 0 Å². The number of rotatable bonds is 2. The van der Waals surface area contributed by atoms with Gasteiger partial charge in [-0.05, 0) is 60.2 Å². The van der Waals surface area contributed by atoms with Gasteiger partial charge < -0.3 is 0 Å². The van der Waals surface area contributed by atoms with Crippen LogP contribution in [0.3, 0.4) is 0 Å². The first-order chi connectivity index (χ1) is 11.7. The van der Waals surface area contributed by atoms with Crippen LogP contribution in [0.25, 0.3) is 22.6 Å². The minimum Gasteiger partial charge on any atom is -0.292 e. The minimum atomic E-state index is -0.0152. The molecule has 3 aromatic rings. The number of allylic oxidation sites excluding steroid dienone is 1. The quantitative estimate of drug-likeness (QED) is 0.625. The number of hydrogen-bond donors (Lipinski definition) is 0. The molecule has 120 valence electrons. The molecule has 0 saturated heterocycles. The molecule has 24 heavy (non-hydrogen) atoms. The van der Waals surface area contributed by atoms with Gasteiger partial charge in [-0.2, -0.15) is 0 Å². The third kappa shape index (κ3) is 2.66. The highest BCUT2D eigenvalue weighted by atomic mass is 35.5. The summed E-state index contributed by atoms with van der Waals surface area (Å²) in [6.45, 7) is 0.665. The van der Waals surface area contributed by atoms with Gasteiger partial charge in [-0.3, -0.25) is 9.36 Å². The zero-order valence-electron chi connectivity index (χ0n) is 13.1. The normalized spacial score (nSPS) is 15.2. The van der Waals surface area contributed by atoms with Gasteiger partial charge in [0.25, 0.3) is 5.56 Å². The zero-order valence-corrected chi connectivity index (χ0v) is 14.7. The van der Waals surface area contributed by atoms with E-state index in [4.69, 9.17) is 16.6 Å². The molecular formula is C19H15ClN2OS. The number of halogens is 1. The van der Waals surface area contributed by atoms with Crippen molar-refractivity contribution in [3.63, 3.8) is 0 Å². The van der Waals surface area contributed by atoms with Gasteiger partial charge in [0.2, 0.25) is 0 Å². The van der Waals surface area contributed by atoms with Gasteiger partial charge in [-0.25, -0.2) is 4.98 Å². The third-order valence-corrected chi connectivity index (χ3v) is 5.24. The summed E-state index contributed by atoms with van der Waals surface area (Å²) in [6, 6.07) is 13.7. The first-order valence-electron chi connectivity index (χ1n) is 7.71. The summed E-state index contributed by atoms with van der Waals surface area (Å²) in [5.41, 5.74) is 2.90. The topological polar surface area (TPSA) is 34.9 Å². The minimum absolute atomic E-state index is 0.0152. The van der Waals surface area contributed by atoms with E-state index in [1.165, 1.54) is 4.90 Å². The van der Waals surface area contributed by atoms with Gasteiger partial charge >= 0.3 is 0 Å². The van der Waals surface area contributed by atoms with Crippen LogP contribution in [0.5, 0.6) is 0 Å². The second-order valence-corrected chi connectivity index (χ2v) is 7.06. The van der Waals surface area contributed by atoms with E-state index in [9.17, 15) is 4.79 Å². The van der Waals surface area contributed by atoms with Crippen LogP contribution in [0.15, 0.2) is 52.2 Å². The Morgan fingerprint density at radius 3 is 2.75 bits per heavy atom. The van der Waals surface area contributed by atoms with Crippen LogP contribution in [0.4, 0.5) is 0 Å². The second kappa shape index (κ2) is 6.11. The monoisotopic (exact) mass is 354 g/mol. The van der Waals surface area contributed by atoms with E-state index < -0.39 is 0 Å². The lowest BCUT2D eigenvalue weighted by Crippen LogP contribution is -2.20. The Balaban J connectivity index is 1.83. The Hall–Kier alpha value is -2.04. The van der Waals surface area contributed by atoms with Gasteiger partial charge in [0, 0.05) is 16.5 Å². The maximum absolute atomic E-state index is 12.7. The summed E-state index contributed by atoms with van der Waals surface area (Å²) in [6.07, 6.45) is 5.00. The Morgan fingerprint density at radius 2 is 2.00 bits per heavy atom.